The Balaban J connectivity index is 1.32. The third-order valence-corrected chi connectivity index (χ3v) is 6.61. The lowest BCUT2D eigenvalue weighted by atomic mass is 9.78. The van der Waals surface area contributed by atoms with Crippen LogP contribution in [0.25, 0.3) is 11.0 Å². The Hall–Kier alpha value is -3.84. The Morgan fingerprint density at radius 1 is 1.19 bits per heavy atom. The van der Waals surface area contributed by atoms with E-state index in [1.54, 1.807) is 11.0 Å². The molecule has 2 atom stereocenters. The number of carbonyl (C=O) groups is 1. The molecule has 1 aliphatic carbocycles. The molecule has 7 heteroatoms. The molecule has 1 amide bonds. The van der Waals surface area contributed by atoms with E-state index in [1.165, 1.54) is 0 Å². The second-order valence-corrected chi connectivity index (χ2v) is 8.81. The third-order valence-electron chi connectivity index (χ3n) is 6.61. The van der Waals surface area contributed by atoms with Crippen molar-refractivity contribution < 1.29 is 9.53 Å². The van der Waals surface area contributed by atoms with Crippen LogP contribution in [0.2, 0.25) is 0 Å². The highest BCUT2D eigenvalue weighted by atomic mass is 16.6. The summed E-state index contributed by atoms with van der Waals surface area (Å²) in [5.41, 5.74) is 3.74. The van der Waals surface area contributed by atoms with Crippen LogP contribution in [-0.2, 0) is 17.7 Å². The Morgan fingerprint density at radius 3 is 2.81 bits per heavy atom. The molecule has 32 heavy (non-hydrogen) atoms. The number of rotatable bonds is 4. The summed E-state index contributed by atoms with van der Waals surface area (Å²) in [6.45, 7) is 1.33. The summed E-state index contributed by atoms with van der Waals surface area (Å²) in [5.74, 6) is 0.359. The molecule has 5 rings (SSSR count). The largest absolute Gasteiger partial charge is 0.441 e. The van der Waals surface area contributed by atoms with Crippen LogP contribution in [0.4, 0.5) is 10.5 Å². The van der Waals surface area contributed by atoms with Gasteiger partial charge in [-0.2, -0.15) is 10.5 Å². The lowest BCUT2D eigenvalue weighted by molar-refractivity contribution is 0.00439. The van der Waals surface area contributed by atoms with E-state index in [0.29, 0.717) is 24.4 Å². The fraction of sp³-hybridized carbons (Fsp3) is 0.360. The van der Waals surface area contributed by atoms with Gasteiger partial charge >= 0.3 is 6.09 Å². The minimum atomic E-state index is -0.473. The lowest BCUT2D eigenvalue weighted by Gasteiger charge is -2.36. The van der Waals surface area contributed by atoms with E-state index in [-0.39, 0.29) is 6.09 Å². The van der Waals surface area contributed by atoms with Crippen LogP contribution in [0.3, 0.4) is 0 Å². The van der Waals surface area contributed by atoms with Gasteiger partial charge in [-0.3, -0.25) is 4.90 Å². The number of nitrogens with zero attached hydrogens (tertiary/aromatic N) is 5. The molecule has 1 aromatic heterocycles. The SMILES string of the molecule is N#CCc1ccc(N2CC3(CCCC(Cn4cnc5ccc(C#N)cc54)C3)OC2=O)cc1. The summed E-state index contributed by atoms with van der Waals surface area (Å²) < 4.78 is 8.09. The predicted octanol–water partition coefficient (Wildman–Crippen LogP) is 4.56. The molecule has 1 saturated heterocycles. The molecular formula is C25H23N5O2. The van der Waals surface area contributed by atoms with E-state index >= 15 is 0 Å². The van der Waals surface area contributed by atoms with E-state index in [9.17, 15) is 10.1 Å². The highest BCUT2D eigenvalue weighted by Crippen LogP contribution is 2.42. The molecule has 2 unspecified atom stereocenters. The van der Waals surface area contributed by atoms with Crippen molar-refractivity contribution in [3.63, 3.8) is 0 Å². The Kier molecular flexibility index (Phi) is 5.03. The maximum atomic E-state index is 12.7. The van der Waals surface area contributed by atoms with E-state index in [0.717, 1.165) is 54.5 Å². The molecule has 0 N–H and O–H groups in total. The van der Waals surface area contributed by atoms with Crippen molar-refractivity contribution in [3.05, 3.63) is 59.9 Å². The fourth-order valence-electron chi connectivity index (χ4n) is 5.09. The zero-order valence-electron chi connectivity index (χ0n) is 17.7. The maximum absolute atomic E-state index is 12.7. The number of anilines is 1. The normalized spacial score (nSPS) is 22.6. The van der Waals surface area contributed by atoms with Crippen LogP contribution < -0.4 is 4.90 Å². The molecule has 1 saturated carbocycles. The molecule has 0 radical (unpaired) electrons. The van der Waals surface area contributed by atoms with Gasteiger partial charge < -0.3 is 9.30 Å². The molecular weight excluding hydrogens is 402 g/mol. The third kappa shape index (κ3) is 3.67. The lowest BCUT2D eigenvalue weighted by Crippen LogP contribution is -2.40. The van der Waals surface area contributed by atoms with E-state index in [1.807, 2.05) is 42.7 Å². The van der Waals surface area contributed by atoms with Gasteiger partial charge in [-0.15, -0.1) is 0 Å². The van der Waals surface area contributed by atoms with Gasteiger partial charge in [-0.05, 0) is 67.5 Å². The number of imidazole rings is 1. The van der Waals surface area contributed by atoms with Gasteiger partial charge in [0.05, 0.1) is 48.0 Å². The Bertz CT molecular complexity index is 1250. The van der Waals surface area contributed by atoms with Crippen molar-refractivity contribution in [2.45, 2.75) is 44.2 Å². The summed E-state index contributed by atoms with van der Waals surface area (Å²) in [6, 6.07) is 17.4. The van der Waals surface area contributed by atoms with Gasteiger partial charge in [-0.25, -0.2) is 9.78 Å². The number of ether oxygens (including phenoxy) is 1. The second-order valence-electron chi connectivity index (χ2n) is 8.81. The van der Waals surface area contributed by atoms with E-state index < -0.39 is 5.60 Å². The first-order valence-corrected chi connectivity index (χ1v) is 10.9. The second kappa shape index (κ2) is 8.01. The van der Waals surface area contributed by atoms with Gasteiger partial charge in [-0.1, -0.05) is 12.1 Å². The van der Waals surface area contributed by atoms with Gasteiger partial charge in [0.25, 0.3) is 0 Å². The van der Waals surface area contributed by atoms with Crippen LogP contribution in [0.1, 0.15) is 36.8 Å². The first-order valence-electron chi connectivity index (χ1n) is 10.9. The maximum Gasteiger partial charge on any atom is 0.415 e. The molecule has 7 nitrogen and oxygen atoms in total. The summed E-state index contributed by atoms with van der Waals surface area (Å²) in [6.07, 6.45) is 5.63. The quantitative estimate of drug-likeness (QED) is 0.611. The predicted molar refractivity (Wildman–Crippen MR) is 119 cm³/mol. The summed E-state index contributed by atoms with van der Waals surface area (Å²) in [7, 11) is 0. The molecule has 3 aromatic rings. The monoisotopic (exact) mass is 425 g/mol. The average molecular weight is 425 g/mol. The summed E-state index contributed by atoms with van der Waals surface area (Å²) in [4.78, 5) is 18.9. The molecule has 2 aromatic carbocycles. The van der Waals surface area contributed by atoms with Crippen LogP contribution >= 0.6 is 0 Å². The number of hydrogen-bond donors (Lipinski definition) is 0. The molecule has 1 aliphatic heterocycles. The first kappa shape index (κ1) is 20.1. The molecule has 2 fully saturated rings. The van der Waals surface area contributed by atoms with Crippen LogP contribution in [0.15, 0.2) is 48.8 Å². The van der Waals surface area contributed by atoms with Gasteiger partial charge in [0.15, 0.2) is 0 Å². The summed E-state index contributed by atoms with van der Waals surface area (Å²) >= 11 is 0. The first-order chi connectivity index (χ1) is 15.6. The standard InChI is InChI=1S/C25H23N5O2/c26-11-9-18-3-6-21(7-4-18)30-16-25(32-24(30)31)10-1-2-20(13-25)15-29-17-28-22-8-5-19(14-27)12-23(22)29/h3-8,12,17,20H,1-2,9-10,13,15-16H2. The Labute approximate surface area is 186 Å². The molecule has 2 heterocycles. The van der Waals surface area contributed by atoms with E-state index in [2.05, 4.69) is 21.7 Å². The van der Waals surface area contributed by atoms with Crippen LogP contribution in [-0.4, -0.2) is 27.8 Å². The molecule has 2 aliphatic rings. The van der Waals surface area contributed by atoms with E-state index in [4.69, 9.17) is 10.00 Å². The zero-order valence-corrected chi connectivity index (χ0v) is 17.7. The summed E-state index contributed by atoms with van der Waals surface area (Å²) in [5, 5.41) is 18.1. The van der Waals surface area contributed by atoms with Crippen molar-refractivity contribution in [1.29, 1.82) is 10.5 Å². The van der Waals surface area contributed by atoms with Crippen molar-refractivity contribution >= 4 is 22.8 Å². The van der Waals surface area contributed by atoms with Gasteiger partial charge in [0.2, 0.25) is 0 Å². The van der Waals surface area contributed by atoms with Crippen molar-refractivity contribution in [2.75, 3.05) is 11.4 Å². The zero-order chi connectivity index (χ0) is 22.1. The fourth-order valence-corrected chi connectivity index (χ4v) is 5.09. The number of fused-ring (bicyclic) bond motifs is 1. The smallest absolute Gasteiger partial charge is 0.415 e. The number of aromatic nitrogens is 2. The van der Waals surface area contributed by atoms with Crippen molar-refractivity contribution in [3.8, 4) is 12.1 Å². The number of hydrogen-bond acceptors (Lipinski definition) is 5. The number of amides is 1. The van der Waals surface area contributed by atoms with Gasteiger partial charge in [0.1, 0.15) is 5.60 Å². The topological polar surface area (TPSA) is 94.9 Å². The molecule has 160 valence electrons. The molecule has 0 bridgehead atoms. The van der Waals surface area contributed by atoms with Crippen molar-refractivity contribution in [2.24, 2.45) is 5.92 Å². The average Bonchev–Trinajstić information content (AvgIpc) is 3.34. The van der Waals surface area contributed by atoms with Gasteiger partial charge in [0, 0.05) is 12.2 Å². The number of nitriles is 2. The number of carbonyl (C=O) groups excluding carboxylic acids is 1. The number of benzene rings is 2. The van der Waals surface area contributed by atoms with Crippen molar-refractivity contribution in [1.82, 2.24) is 9.55 Å². The minimum Gasteiger partial charge on any atom is -0.441 e. The van der Waals surface area contributed by atoms with Crippen LogP contribution in [0.5, 0.6) is 0 Å². The highest BCUT2D eigenvalue weighted by Gasteiger charge is 2.48. The molecule has 1 spiro atoms. The Morgan fingerprint density at radius 2 is 2.03 bits per heavy atom. The minimum absolute atomic E-state index is 0.301. The highest BCUT2D eigenvalue weighted by molar-refractivity contribution is 5.90. The van der Waals surface area contributed by atoms with Crippen LogP contribution in [0, 0.1) is 28.6 Å².